The lowest BCUT2D eigenvalue weighted by Crippen LogP contribution is -2.26. The largest absolute Gasteiger partial charge is 0.480 e. The van der Waals surface area contributed by atoms with E-state index in [9.17, 15) is 8.42 Å². The fourth-order valence-corrected chi connectivity index (χ4v) is 4.26. The third-order valence-corrected chi connectivity index (χ3v) is 6.03. The summed E-state index contributed by atoms with van der Waals surface area (Å²) in [5, 5.41) is 0.552. The number of methoxy groups -OCH3 is 2. The molecule has 0 saturated heterocycles. The van der Waals surface area contributed by atoms with E-state index in [4.69, 9.17) is 15.2 Å². The first kappa shape index (κ1) is 18.4. The highest BCUT2D eigenvalue weighted by molar-refractivity contribution is 7.89. The zero-order valence-corrected chi connectivity index (χ0v) is 16.2. The van der Waals surface area contributed by atoms with E-state index in [0.717, 1.165) is 18.4 Å². The zero-order chi connectivity index (χ0) is 19.9. The maximum Gasteiger partial charge on any atom is 0.319 e. The second kappa shape index (κ2) is 6.88. The van der Waals surface area contributed by atoms with Crippen LogP contribution in [0, 0.1) is 0 Å². The van der Waals surface area contributed by atoms with Gasteiger partial charge in [-0.15, -0.1) is 0 Å². The van der Waals surface area contributed by atoms with Crippen molar-refractivity contribution >= 4 is 26.6 Å². The number of sulfonamides is 1. The van der Waals surface area contributed by atoms with Crippen molar-refractivity contribution in [2.45, 2.75) is 23.8 Å². The molecular formula is C18H19N5O4S. The highest BCUT2D eigenvalue weighted by atomic mass is 32.2. The molecule has 0 amide bonds. The van der Waals surface area contributed by atoms with E-state index in [0.29, 0.717) is 22.3 Å². The summed E-state index contributed by atoms with van der Waals surface area (Å²) < 4.78 is 38.0. The van der Waals surface area contributed by atoms with Gasteiger partial charge in [-0.1, -0.05) is 12.1 Å². The quantitative estimate of drug-likeness (QED) is 0.639. The number of ether oxygens (including phenoxy) is 2. The fourth-order valence-electron chi connectivity index (χ4n) is 2.87. The molecule has 3 N–H and O–H groups in total. The van der Waals surface area contributed by atoms with E-state index in [1.165, 1.54) is 20.4 Å². The number of fused-ring (bicyclic) bond motifs is 1. The highest BCUT2D eigenvalue weighted by Crippen LogP contribution is 2.34. The lowest BCUT2D eigenvalue weighted by atomic mass is 10.1. The van der Waals surface area contributed by atoms with E-state index in [2.05, 4.69) is 19.7 Å². The monoisotopic (exact) mass is 401 g/mol. The van der Waals surface area contributed by atoms with Gasteiger partial charge < -0.3 is 15.2 Å². The van der Waals surface area contributed by atoms with Crippen LogP contribution in [-0.2, 0) is 10.0 Å². The molecule has 2 heterocycles. The Balaban J connectivity index is 1.78. The van der Waals surface area contributed by atoms with Crippen LogP contribution in [0.5, 0.6) is 11.9 Å². The minimum Gasteiger partial charge on any atom is -0.480 e. The van der Waals surface area contributed by atoms with Gasteiger partial charge in [0, 0.05) is 23.8 Å². The molecule has 0 aliphatic heterocycles. The van der Waals surface area contributed by atoms with Crippen LogP contribution in [0.15, 0.2) is 35.5 Å². The van der Waals surface area contributed by atoms with Gasteiger partial charge in [0.05, 0.1) is 31.0 Å². The zero-order valence-electron chi connectivity index (χ0n) is 15.3. The van der Waals surface area contributed by atoms with Crippen molar-refractivity contribution in [1.82, 2.24) is 19.7 Å². The van der Waals surface area contributed by atoms with Gasteiger partial charge in [-0.2, -0.15) is 4.98 Å². The average Bonchev–Trinajstić information content (AvgIpc) is 3.50. The number of benzene rings is 1. The summed E-state index contributed by atoms with van der Waals surface area (Å²) in [5.74, 6) is 0.354. The maximum atomic E-state index is 12.5. The van der Waals surface area contributed by atoms with Gasteiger partial charge in [-0.3, -0.25) is 4.98 Å². The Hall–Kier alpha value is -2.98. The summed E-state index contributed by atoms with van der Waals surface area (Å²) in [6.07, 6.45) is 4.56. The highest BCUT2D eigenvalue weighted by Gasteiger charge is 2.29. The number of hydrogen-bond donors (Lipinski definition) is 2. The van der Waals surface area contributed by atoms with Crippen LogP contribution in [0.3, 0.4) is 0 Å². The molecule has 146 valence electrons. The number of rotatable bonds is 6. The van der Waals surface area contributed by atoms with Crippen molar-refractivity contribution in [3.8, 4) is 23.0 Å². The number of nitrogens with two attached hydrogens (primary N) is 1. The smallest absolute Gasteiger partial charge is 0.319 e. The SMILES string of the molecule is COc1ncc(-c2ccc3c(N)c(S(=O)(=O)NC4CC4)cnc3c2)c(OC)n1. The first-order valence-electron chi connectivity index (χ1n) is 8.59. The lowest BCUT2D eigenvalue weighted by Gasteiger charge is -2.12. The third kappa shape index (κ3) is 3.32. The molecule has 1 aromatic carbocycles. The second-order valence-corrected chi connectivity index (χ2v) is 8.13. The van der Waals surface area contributed by atoms with E-state index in [-0.39, 0.29) is 22.6 Å². The van der Waals surface area contributed by atoms with Crippen molar-refractivity contribution in [3.63, 3.8) is 0 Å². The standard InChI is InChI=1S/C18H19N5O4S/c1-26-17-13(8-21-18(22-17)27-2)10-3-6-12-14(7-10)20-9-15(16(12)19)28(24,25)23-11-4-5-11/h3,6-9,11,23H,4-5H2,1-2H3,(H2,19,20). The van der Waals surface area contributed by atoms with Crippen molar-refractivity contribution < 1.29 is 17.9 Å². The average molecular weight is 401 g/mol. The van der Waals surface area contributed by atoms with E-state index in [1.807, 2.05) is 0 Å². The van der Waals surface area contributed by atoms with Crippen molar-refractivity contribution in [2.75, 3.05) is 20.0 Å². The van der Waals surface area contributed by atoms with Gasteiger partial charge in [0.25, 0.3) is 0 Å². The number of hydrogen-bond acceptors (Lipinski definition) is 8. The van der Waals surface area contributed by atoms with Gasteiger partial charge in [-0.25, -0.2) is 18.1 Å². The molecule has 2 aromatic heterocycles. The number of nitrogens with one attached hydrogen (secondary N) is 1. The molecular weight excluding hydrogens is 382 g/mol. The summed E-state index contributed by atoms with van der Waals surface area (Å²) in [4.78, 5) is 12.6. The molecule has 9 nitrogen and oxygen atoms in total. The minimum atomic E-state index is -3.69. The summed E-state index contributed by atoms with van der Waals surface area (Å²) >= 11 is 0. The van der Waals surface area contributed by atoms with Crippen LogP contribution in [0.1, 0.15) is 12.8 Å². The van der Waals surface area contributed by atoms with E-state index >= 15 is 0 Å². The lowest BCUT2D eigenvalue weighted by molar-refractivity contribution is 0.353. The van der Waals surface area contributed by atoms with Crippen molar-refractivity contribution in [3.05, 3.63) is 30.6 Å². The molecule has 1 saturated carbocycles. The molecule has 0 radical (unpaired) electrons. The number of nitrogen functional groups attached to an aromatic ring is 1. The first-order chi connectivity index (χ1) is 13.4. The summed E-state index contributed by atoms with van der Waals surface area (Å²) in [5.41, 5.74) is 8.29. The Morgan fingerprint density at radius 2 is 1.93 bits per heavy atom. The molecule has 4 rings (SSSR count). The molecule has 0 unspecified atom stereocenters. The van der Waals surface area contributed by atoms with Crippen LogP contribution in [0.2, 0.25) is 0 Å². The summed E-state index contributed by atoms with van der Waals surface area (Å²) in [6, 6.07) is 5.49. The Bertz CT molecular complexity index is 1160. The van der Waals surface area contributed by atoms with Gasteiger partial charge >= 0.3 is 6.01 Å². The molecule has 3 aromatic rings. The van der Waals surface area contributed by atoms with Crippen LogP contribution >= 0.6 is 0 Å². The molecule has 1 aliphatic rings. The topological polar surface area (TPSA) is 129 Å². The Morgan fingerprint density at radius 1 is 1.14 bits per heavy atom. The van der Waals surface area contributed by atoms with Gasteiger partial charge in [0.2, 0.25) is 15.9 Å². The second-order valence-electron chi connectivity index (χ2n) is 6.44. The van der Waals surface area contributed by atoms with E-state index in [1.54, 1.807) is 24.4 Å². The van der Waals surface area contributed by atoms with Crippen LogP contribution < -0.4 is 19.9 Å². The molecule has 0 atom stereocenters. The molecule has 1 aliphatic carbocycles. The number of pyridine rings is 1. The van der Waals surface area contributed by atoms with Gasteiger partial charge in [-0.05, 0) is 24.5 Å². The Labute approximate surface area is 162 Å². The third-order valence-electron chi connectivity index (χ3n) is 4.48. The number of anilines is 1. The summed E-state index contributed by atoms with van der Waals surface area (Å²) in [6.45, 7) is 0. The number of nitrogens with zero attached hydrogens (tertiary/aromatic N) is 3. The normalized spacial score (nSPS) is 14.2. The van der Waals surface area contributed by atoms with Crippen LogP contribution in [-0.4, -0.2) is 43.6 Å². The minimum absolute atomic E-state index is 0.00925. The molecule has 0 spiro atoms. The first-order valence-corrected chi connectivity index (χ1v) is 10.1. The van der Waals surface area contributed by atoms with Gasteiger partial charge in [0.1, 0.15) is 4.90 Å². The fraction of sp³-hybridized carbons (Fsp3) is 0.278. The molecule has 0 bridgehead atoms. The Kier molecular flexibility index (Phi) is 4.52. The summed E-state index contributed by atoms with van der Waals surface area (Å²) in [7, 11) is -0.712. The van der Waals surface area contributed by atoms with Crippen LogP contribution in [0.4, 0.5) is 5.69 Å². The molecule has 10 heteroatoms. The molecule has 28 heavy (non-hydrogen) atoms. The van der Waals surface area contributed by atoms with Crippen molar-refractivity contribution in [1.29, 1.82) is 0 Å². The van der Waals surface area contributed by atoms with Crippen LogP contribution in [0.25, 0.3) is 22.0 Å². The predicted octanol–water partition coefficient (Wildman–Crippen LogP) is 1.73. The van der Waals surface area contributed by atoms with Crippen molar-refractivity contribution in [2.24, 2.45) is 0 Å². The Morgan fingerprint density at radius 3 is 2.61 bits per heavy atom. The maximum absolute atomic E-state index is 12.5. The van der Waals surface area contributed by atoms with E-state index < -0.39 is 10.0 Å². The predicted molar refractivity (Wildman–Crippen MR) is 104 cm³/mol. The van der Waals surface area contributed by atoms with Gasteiger partial charge in [0.15, 0.2) is 0 Å². The molecule has 1 fully saturated rings. The number of aromatic nitrogens is 3.